The van der Waals surface area contributed by atoms with Gasteiger partial charge in [-0.3, -0.25) is 4.79 Å². The maximum atomic E-state index is 13.4. The van der Waals surface area contributed by atoms with Crippen molar-refractivity contribution in [3.05, 3.63) is 65.6 Å². The molecule has 1 aliphatic rings. The molecule has 3 aromatic rings. The molecule has 2 aromatic carbocycles. The molecule has 1 unspecified atom stereocenters. The van der Waals surface area contributed by atoms with Crippen LogP contribution in [-0.2, 0) is 22.4 Å². The Morgan fingerprint density at radius 1 is 1.18 bits per heavy atom. The SMILES string of the molecule is CCc1nn(-c2ccc(OC)cc2)c(Oc2ccc(F)cc2)c1CCC(=O)NCC1CCCO1. The van der Waals surface area contributed by atoms with Crippen LogP contribution < -0.4 is 14.8 Å². The Labute approximate surface area is 198 Å². The monoisotopic (exact) mass is 467 g/mol. The lowest BCUT2D eigenvalue weighted by atomic mass is 10.1. The number of rotatable bonds is 10. The van der Waals surface area contributed by atoms with Crippen molar-refractivity contribution in [3.63, 3.8) is 0 Å². The van der Waals surface area contributed by atoms with Gasteiger partial charge < -0.3 is 19.5 Å². The van der Waals surface area contributed by atoms with Crippen LogP contribution in [0.2, 0.25) is 0 Å². The molecule has 0 radical (unpaired) electrons. The Kier molecular flexibility index (Phi) is 7.80. The number of aryl methyl sites for hydroxylation is 1. The first-order valence-electron chi connectivity index (χ1n) is 11.6. The quantitative estimate of drug-likeness (QED) is 0.472. The molecule has 1 amide bonds. The van der Waals surface area contributed by atoms with Crippen LogP contribution in [0, 0.1) is 5.82 Å². The van der Waals surface area contributed by atoms with Crippen LogP contribution in [0.15, 0.2) is 48.5 Å². The first kappa shape index (κ1) is 23.8. The molecule has 0 saturated carbocycles. The summed E-state index contributed by atoms with van der Waals surface area (Å²) in [4.78, 5) is 12.5. The molecule has 34 heavy (non-hydrogen) atoms. The first-order chi connectivity index (χ1) is 16.6. The Bertz CT molecular complexity index is 1090. The number of halogens is 1. The van der Waals surface area contributed by atoms with E-state index in [1.165, 1.54) is 12.1 Å². The summed E-state index contributed by atoms with van der Waals surface area (Å²) in [6.45, 7) is 3.31. The van der Waals surface area contributed by atoms with E-state index in [4.69, 9.17) is 19.3 Å². The fourth-order valence-corrected chi connectivity index (χ4v) is 3.99. The number of carbonyl (C=O) groups is 1. The number of nitrogens with one attached hydrogen (secondary N) is 1. The molecular weight excluding hydrogens is 437 g/mol. The zero-order valence-electron chi connectivity index (χ0n) is 19.6. The fraction of sp³-hybridized carbons (Fsp3) is 0.385. The number of hydrogen-bond donors (Lipinski definition) is 1. The van der Waals surface area contributed by atoms with Crippen molar-refractivity contribution in [2.75, 3.05) is 20.3 Å². The lowest BCUT2D eigenvalue weighted by Gasteiger charge is -2.13. The summed E-state index contributed by atoms with van der Waals surface area (Å²) in [5, 5.41) is 7.75. The molecule has 0 spiro atoms. The van der Waals surface area contributed by atoms with Crippen molar-refractivity contribution in [1.82, 2.24) is 15.1 Å². The summed E-state index contributed by atoms with van der Waals surface area (Å²) in [7, 11) is 1.61. The Morgan fingerprint density at radius 3 is 2.56 bits per heavy atom. The molecule has 1 fully saturated rings. The van der Waals surface area contributed by atoms with E-state index in [9.17, 15) is 9.18 Å². The second-order valence-corrected chi connectivity index (χ2v) is 8.19. The molecule has 0 bridgehead atoms. The standard InChI is InChI=1S/C26H30FN3O4/c1-3-24-23(14-15-25(31)28-17-22-5-4-16-33-22)26(34-21-10-6-18(27)7-11-21)30(29-24)19-8-12-20(32-2)13-9-19/h6-13,22H,3-5,14-17H2,1-2H3,(H,28,31). The van der Waals surface area contributed by atoms with Gasteiger partial charge in [0.25, 0.3) is 0 Å². The van der Waals surface area contributed by atoms with Crippen LogP contribution in [0.25, 0.3) is 5.69 Å². The smallest absolute Gasteiger partial charge is 0.226 e. The summed E-state index contributed by atoms with van der Waals surface area (Å²) >= 11 is 0. The number of hydrogen-bond acceptors (Lipinski definition) is 5. The maximum Gasteiger partial charge on any atom is 0.226 e. The third-order valence-electron chi connectivity index (χ3n) is 5.85. The number of benzene rings is 2. The Hall–Kier alpha value is -3.39. The van der Waals surface area contributed by atoms with Crippen molar-refractivity contribution in [2.45, 2.75) is 45.1 Å². The van der Waals surface area contributed by atoms with Gasteiger partial charge in [0, 0.05) is 25.1 Å². The van der Waals surface area contributed by atoms with Gasteiger partial charge in [0.1, 0.15) is 17.3 Å². The predicted octanol–water partition coefficient (Wildman–Crippen LogP) is 4.60. The second-order valence-electron chi connectivity index (χ2n) is 8.19. The fourth-order valence-electron chi connectivity index (χ4n) is 3.99. The average molecular weight is 468 g/mol. The summed E-state index contributed by atoms with van der Waals surface area (Å²) in [5.41, 5.74) is 2.50. The highest BCUT2D eigenvalue weighted by Crippen LogP contribution is 2.32. The van der Waals surface area contributed by atoms with E-state index in [1.807, 2.05) is 31.2 Å². The minimum atomic E-state index is -0.339. The zero-order chi connectivity index (χ0) is 23.9. The van der Waals surface area contributed by atoms with Crippen LogP contribution in [0.4, 0.5) is 4.39 Å². The summed E-state index contributed by atoms with van der Waals surface area (Å²) in [5.74, 6) is 1.36. The van der Waals surface area contributed by atoms with E-state index in [2.05, 4.69) is 5.32 Å². The number of nitrogens with zero attached hydrogens (tertiary/aromatic N) is 2. The minimum Gasteiger partial charge on any atom is -0.497 e. The topological polar surface area (TPSA) is 74.6 Å². The van der Waals surface area contributed by atoms with Gasteiger partial charge in [-0.25, -0.2) is 9.07 Å². The number of methoxy groups -OCH3 is 1. The molecule has 1 aromatic heterocycles. The lowest BCUT2D eigenvalue weighted by molar-refractivity contribution is -0.121. The van der Waals surface area contributed by atoms with Crippen LogP contribution >= 0.6 is 0 Å². The molecule has 0 aliphatic carbocycles. The van der Waals surface area contributed by atoms with Crippen molar-refractivity contribution in [1.29, 1.82) is 0 Å². The number of amides is 1. The molecule has 1 aliphatic heterocycles. The molecule has 1 atom stereocenters. The van der Waals surface area contributed by atoms with Gasteiger partial charge in [-0.1, -0.05) is 6.92 Å². The molecule has 4 rings (SSSR count). The van der Waals surface area contributed by atoms with Gasteiger partial charge in [0.05, 0.1) is 24.6 Å². The van der Waals surface area contributed by atoms with Gasteiger partial charge in [0.15, 0.2) is 0 Å². The van der Waals surface area contributed by atoms with Crippen molar-refractivity contribution in [3.8, 4) is 23.1 Å². The third-order valence-corrected chi connectivity index (χ3v) is 5.85. The highest BCUT2D eigenvalue weighted by Gasteiger charge is 2.22. The van der Waals surface area contributed by atoms with E-state index in [1.54, 1.807) is 23.9 Å². The summed E-state index contributed by atoms with van der Waals surface area (Å²) in [6.07, 6.45) is 3.56. The van der Waals surface area contributed by atoms with Gasteiger partial charge in [-0.15, -0.1) is 0 Å². The minimum absolute atomic E-state index is 0.0394. The zero-order valence-corrected chi connectivity index (χ0v) is 19.6. The number of aromatic nitrogens is 2. The Balaban J connectivity index is 1.59. The van der Waals surface area contributed by atoms with Crippen molar-refractivity contribution in [2.24, 2.45) is 0 Å². The van der Waals surface area contributed by atoms with E-state index < -0.39 is 0 Å². The molecule has 8 heteroatoms. The van der Waals surface area contributed by atoms with Gasteiger partial charge in [0.2, 0.25) is 11.8 Å². The van der Waals surface area contributed by atoms with E-state index >= 15 is 0 Å². The van der Waals surface area contributed by atoms with E-state index in [-0.39, 0.29) is 17.8 Å². The highest BCUT2D eigenvalue weighted by atomic mass is 19.1. The summed E-state index contributed by atoms with van der Waals surface area (Å²) < 4.78 is 32.2. The number of ether oxygens (including phenoxy) is 3. The second kappa shape index (κ2) is 11.2. The van der Waals surface area contributed by atoms with Gasteiger partial charge in [-0.05, 0) is 74.2 Å². The van der Waals surface area contributed by atoms with Crippen LogP contribution in [0.5, 0.6) is 17.4 Å². The molecule has 1 N–H and O–H groups in total. The van der Waals surface area contributed by atoms with Crippen LogP contribution in [-0.4, -0.2) is 42.1 Å². The first-order valence-corrected chi connectivity index (χ1v) is 11.6. The highest BCUT2D eigenvalue weighted by molar-refractivity contribution is 5.76. The largest absolute Gasteiger partial charge is 0.497 e. The van der Waals surface area contributed by atoms with Crippen molar-refractivity contribution < 1.29 is 23.4 Å². The molecule has 180 valence electrons. The van der Waals surface area contributed by atoms with Crippen LogP contribution in [0.1, 0.15) is 37.4 Å². The molecular formula is C26H30FN3O4. The molecule has 2 heterocycles. The molecule has 7 nitrogen and oxygen atoms in total. The predicted molar refractivity (Wildman–Crippen MR) is 126 cm³/mol. The van der Waals surface area contributed by atoms with E-state index in [0.717, 1.165) is 42.1 Å². The van der Waals surface area contributed by atoms with E-state index in [0.29, 0.717) is 37.4 Å². The third kappa shape index (κ3) is 5.75. The van der Waals surface area contributed by atoms with Crippen LogP contribution in [0.3, 0.4) is 0 Å². The maximum absolute atomic E-state index is 13.4. The molecule has 1 saturated heterocycles. The van der Waals surface area contributed by atoms with Gasteiger partial charge in [-0.2, -0.15) is 5.10 Å². The lowest BCUT2D eigenvalue weighted by Crippen LogP contribution is -2.31. The Morgan fingerprint density at radius 2 is 1.91 bits per heavy atom. The van der Waals surface area contributed by atoms with Gasteiger partial charge >= 0.3 is 0 Å². The summed E-state index contributed by atoms with van der Waals surface area (Å²) in [6, 6.07) is 13.3. The normalized spacial score (nSPS) is 15.3. The average Bonchev–Trinajstić information content (AvgIpc) is 3.51. The van der Waals surface area contributed by atoms with Crippen molar-refractivity contribution >= 4 is 5.91 Å². The number of carbonyl (C=O) groups excluding carboxylic acids is 1.